The van der Waals surface area contributed by atoms with Gasteiger partial charge in [-0.25, -0.2) is 0 Å². The summed E-state index contributed by atoms with van der Waals surface area (Å²) >= 11 is 0. The molecular weight excluding hydrogens is 177 g/mol. The third-order valence-corrected chi connectivity index (χ3v) is 0.667. The minimum atomic E-state index is 0. The average Bonchev–Trinajstić information content (AvgIpc) is 1.27. The van der Waals surface area contributed by atoms with Gasteiger partial charge in [-0.1, -0.05) is 27.7 Å². The van der Waals surface area contributed by atoms with Crippen molar-refractivity contribution in [3.63, 3.8) is 0 Å². The van der Waals surface area contributed by atoms with Crippen molar-refractivity contribution in [2.75, 3.05) is 0 Å². The topological polar surface area (TPSA) is 12.0 Å². The van der Waals surface area contributed by atoms with Gasteiger partial charge in [-0.15, -0.1) is 0 Å². The van der Waals surface area contributed by atoms with E-state index in [0.717, 1.165) is 0 Å². The van der Waals surface area contributed by atoms with Crippen LogP contribution in [0.15, 0.2) is 0 Å². The fourth-order valence-electron chi connectivity index (χ4n) is 0.667. The monoisotopic (exact) mass is 191 g/mol. The van der Waals surface area contributed by atoms with Crippen molar-refractivity contribution >= 4 is 0 Å². The van der Waals surface area contributed by atoms with Gasteiger partial charge in [-0.2, -0.15) is 0 Å². The van der Waals surface area contributed by atoms with Crippen molar-refractivity contribution in [1.29, 1.82) is 0 Å². The van der Waals surface area contributed by atoms with Gasteiger partial charge in [0.15, 0.2) is 0 Å². The largest absolute Gasteiger partial charge is 0.312 e. The molecule has 0 saturated carbocycles. The predicted octanol–water partition coefficient (Wildman–Crippen LogP) is 1.39. The summed E-state index contributed by atoms with van der Waals surface area (Å²) < 4.78 is 0. The Bertz CT molecular complexity index is 37.8. The summed E-state index contributed by atoms with van der Waals surface area (Å²) in [5.41, 5.74) is 0. The van der Waals surface area contributed by atoms with Gasteiger partial charge in [0.25, 0.3) is 0 Å². The molecule has 0 radical (unpaired) electrons. The summed E-state index contributed by atoms with van der Waals surface area (Å²) in [6.07, 6.45) is 0. The fourth-order valence-corrected chi connectivity index (χ4v) is 0.667. The first kappa shape index (κ1) is 11.6. The van der Waals surface area contributed by atoms with Crippen LogP contribution < -0.4 is 5.32 Å². The Morgan fingerprint density at radius 1 is 0.875 bits per heavy atom. The van der Waals surface area contributed by atoms with Crippen LogP contribution in [0.4, 0.5) is 0 Å². The maximum Gasteiger partial charge on any atom is 0.00127 e. The van der Waals surface area contributed by atoms with Gasteiger partial charge >= 0.3 is 0 Å². The number of rotatable bonds is 2. The van der Waals surface area contributed by atoms with Crippen LogP contribution in [0.2, 0.25) is 0 Å². The molecule has 0 aliphatic heterocycles. The van der Waals surface area contributed by atoms with E-state index in [4.69, 9.17) is 0 Å². The predicted molar refractivity (Wildman–Crippen MR) is 33.4 cm³/mol. The first-order chi connectivity index (χ1) is 3.13. The zero-order valence-electron chi connectivity index (χ0n) is 6.15. The molecule has 0 amide bonds. The Morgan fingerprint density at radius 3 is 1.12 bits per heavy atom. The number of hydrogen-bond acceptors (Lipinski definition) is 1. The van der Waals surface area contributed by atoms with Crippen LogP contribution in [-0.2, 0) is 26.2 Å². The summed E-state index contributed by atoms with van der Waals surface area (Å²) in [6.45, 7) is 8.61. The summed E-state index contributed by atoms with van der Waals surface area (Å²) in [5.74, 6) is 0. The first-order valence-electron chi connectivity index (χ1n) is 2.89. The minimum Gasteiger partial charge on any atom is -0.312 e. The quantitative estimate of drug-likeness (QED) is 0.697. The second-order valence-electron chi connectivity index (χ2n) is 2.48. The van der Waals surface area contributed by atoms with Crippen molar-refractivity contribution < 1.29 is 26.2 Å². The van der Waals surface area contributed by atoms with E-state index in [9.17, 15) is 0 Å². The maximum atomic E-state index is 3.31. The molecule has 0 aromatic heterocycles. The van der Waals surface area contributed by atoms with Crippen LogP contribution in [0.5, 0.6) is 0 Å². The van der Waals surface area contributed by atoms with E-state index < -0.39 is 0 Å². The van der Waals surface area contributed by atoms with Gasteiger partial charge in [0, 0.05) is 38.3 Å². The molecule has 0 aromatic carbocycles. The van der Waals surface area contributed by atoms with Gasteiger partial charge in [0.1, 0.15) is 0 Å². The van der Waals surface area contributed by atoms with Crippen molar-refractivity contribution in [2.45, 2.75) is 39.8 Å². The van der Waals surface area contributed by atoms with Gasteiger partial charge in [-0.05, 0) is 0 Å². The van der Waals surface area contributed by atoms with Crippen LogP contribution in [0, 0.1) is 0 Å². The zero-order valence-corrected chi connectivity index (χ0v) is 8.61. The van der Waals surface area contributed by atoms with Crippen molar-refractivity contribution in [1.82, 2.24) is 5.32 Å². The SMILES string of the molecule is CC(C)NC(C)C.[Zr]. The molecule has 0 aliphatic rings. The second-order valence-corrected chi connectivity index (χ2v) is 2.48. The van der Waals surface area contributed by atoms with Crippen LogP contribution in [-0.4, -0.2) is 12.1 Å². The number of nitrogens with one attached hydrogen (secondary N) is 1. The fraction of sp³-hybridized carbons (Fsp3) is 1.00. The van der Waals surface area contributed by atoms with Crippen molar-refractivity contribution in [3.05, 3.63) is 0 Å². The van der Waals surface area contributed by atoms with E-state index in [0.29, 0.717) is 12.1 Å². The molecule has 0 heterocycles. The molecule has 0 aliphatic carbocycles. The van der Waals surface area contributed by atoms with E-state index in [-0.39, 0.29) is 26.2 Å². The van der Waals surface area contributed by atoms with Gasteiger partial charge < -0.3 is 5.32 Å². The standard InChI is InChI=1S/C6H15N.Zr/c1-5(2)7-6(3)4;/h5-7H,1-4H3;. The molecule has 0 atom stereocenters. The molecule has 0 bridgehead atoms. The third-order valence-electron chi connectivity index (χ3n) is 0.667. The molecule has 8 heavy (non-hydrogen) atoms. The Balaban J connectivity index is 0. The molecule has 2 heteroatoms. The Labute approximate surface area is 71.4 Å². The Morgan fingerprint density at radius 2 is 1.12 bits per heavy atom. The van der Waals surface area contributed by atoms with Gasteiger partial charge in [0.2, 0.25) is 0 Å². The molecule has 1 N–H and O–H groups in total. The maximum absolute atomic E-state index is 3.31. The molecule has 0 aromatic rings. The third kappa shape index (κ3) is 9.96. The summed E-state index contributed by atoms with van der Waals surface area (Å²) in [4.78, 5) is 0. The van der Waals surface area contributed by atoms with E-state index in [1.54, 1.807) is 0 Å². The molecule has 1 nitrogen and oxygen atoms in total. The van der Waals surface area contributed by atoms with Crippen LogP contribution in [0.1, 0.15) is 27.7 Å². The van der Waals surface area contributed by atoms with E-state index in [1.165, 1.54) is 0 Å². The second kappa shape index (κ2) is 5.97. The van der Waals surface area contributed by atoms with Gasteiger partial charge in [0.05, 0.1) is 0 Å². The summed E-state index contributed by atoms with van der Waals surface area (Å²) in [5, 5.41) is 3.31. The summed E-state index contributed by atoms with van der Waals surface area (Å²) in [7, 11) is 0. The zero-order chi connectivity index (χ0) is 5.86. The van der Waals surface area contributed by atoms with Crippen LogP contribution in [0.25, 0.3) is 0 Å². The van der Waals surface area contributed by atoms with E-state index in [1.807, 2.05) is 0 Å². The van der Waals surface area contributed by atoms with E-state index in [2.05, 4.69) is 33.0 Å². The van der Waals surface area contributed by atoms with E-state index >= 15 is 0 Å². The smallest absolute Gasteiger partial charge is 0.00127 e. The van der Waals surface area contributed by atoms with Crippen molar-refractivity contribution in [3.8, 4) is 0 Å². The molecular formula is C6H15NZr. The minimum absolute atomic E-state index is 0. The molecule has 0 saturated heterocycles. The molecule has 0 spiro atoms. The molecule has 0 unspecified atom stereocenters. The normalized spacial score (nSPS) is 9.75. The van der Waals surface area contributed by atoms with Crippen molar-refractivity contribution in [2.24, 2.45) is 0 Å². The average molecular weight is 192 g/mol. The molecule has 0 rings (SSSR count). The Kier molecular flexibility index (Phi) is 8.67. The van der Waals surface area contributed by atoms with Gasteiger partial charge in [-0.3, -0.25) is 0 Å². The summed E-state index contributed by atoms with van der Waals surface area (Å²) in [6, 6.07) is 1.25. The first-order valence-corrected chi connectivity index (χ1v) is 2.89. The molecule has 48 valence electrons. The molecule has 0 fully saturated rings. The van der Waals surface area contributed by atoms with Crippen LogP contribution >= 0.6 is 0 Å². The van der Waals surface area contributed by atoms with Crippen LogP contribution in [0.3, 0.4) is 0 Å². The number of hydrogen-bond donors (Lipinski definition) is 1. The Hall–Kier alpha value is 0.843.